The lowest BCUT2D eigenvalue weighted by Crippen LogP contribution is -2.27. The fourth-order valence-corrected chi connectivity index (χ4v) is 4.11. The largest absolute Gasteiger partial charge is 0.493 e. The lowest BCUT2D eigenvalue weighted by molar-refractivity contribution is -0.123. The minimum atomic E-state index is -1.16. The van der Waals surface area contributed by atoms with Crippen LogP contribution in [0.4, 0.5) is 4.79 Å². The van der Waals surface area contributed by atoms with E-state index in [1.807, 2.05) is 31.2 Å². The van der Waals surface area contributed by atoms with Gasteiger partial charge in [0.1, 0.15) is 12.4 Å². The molecule has 2 aromatic carbocycles. The Kier molecular flexibility index (Phi) is 6.74. The Morgan fingerprint density at radius 2 is 1.85 bits per heavy atom. The molecule has 8 nitrogen and oxygen atoms in total. The van der Waals surface area contributed by atoms with E-state index in [-0.39, 0.29) is 30.1 Å². The highest BCUT2D eigenvalue weighted by molar-refractivity contribution is 8.18. The Morgan fingerprint density at radius 1 is 1.09 bits per heavy atom. The Morgan fingerprint density at radius 3 is 2.53 bits per heavy atom. The predicted octanol–water partition coefficient (Wildman–Crippen LogP) is 5.11. The third-order valence-electron chi connectivity index (χ3n) is 5.06. The lowest BCUT2D eigenvalue weighted by atomic mass is 10.1. The summed E-state index contributed by atoms with van der Waals surface area (Å²) in [6, 6.07) is 15.7. The summed E-state index contributed by atoms with van der Waals surface area (Å²) in [6.07, 6.45) is 1.64. The zero-order valence-corrected chi connectivity index (χ0v) is 19.3. The van der Waals surface area contributed by atoms with Crippen LogP contribution in [0.15, 0.2) is 63.9 Å². The highest BCUT2D eigenvalue weighted by atomic mass is 32.2. The molecule has 0 unspecified atom stereocenters. The van der Waals surface area contributed by atoms with E-state index in [1.54, 1.807) is 24.3 Å². The van der Waals surface area contributed by atoms with Crippen LogP contribution in [-0.4, -0.2) is 34.2 Å². The summed E-state index contributed by atoms with van der Waals surface area (Å²) in [5.41, 5.74) is 2.65. The number of ether oxygens (including phenoxy) is 2. The molecular formula is C25H21NO7S. The summed E-state index contributed by atoms with van der Waals surface area (Å²) in [6.45, 7) is 2.21. The zero-order valence-electron chi connectivity index (χ0n) is 18.4. The molecule has 3 aromatic rings. The fourth-order valence-electron chi connectivity index (χ4n) is 3.28. The molecule has 1 aliphatic heterocycles. The third-order valence-corrected chi connectivity index (χ3v) is 5.97. The molecule has 34 heavy (non-hydrogen) atoms. The molecule has 9 heteroatoms. The number of carbonyl (C=O) groups excluding carboxylic acids is 2. The Bertz CT molecular complexity index is 1280. The molecule has 2 amide bonds. The summed E-state index contributed by atoms with van der Waals surface area (Å²) in [5, 5.41) is 8.62. The van der Waals surface area contributed by atoms with Crippen LogP contribution in [0.5, 0.6) is 11.5 Å². The number of thioether (sulfide) groups is 1. The third kappa shape index (κ3) is 5.15. The van der Waals surface area contributed by atoms with E-state index < -0.39 is 5.97 Å². The Labute approximate surface area is 199 Å². The summed E-state index contributed by atoms with van der Waals surface area (Å²) < 4.78 is 16.3. The molecule has 4 rings (SSSR count). The van der Waals surface area contributed by atoms with Gasteiger partial charge in [0.25, 0.3) is 11.1 Å². The van der Waals surface area contributed by atoms with E-state index >= 15 is 0 Å². The second kappa shape index (κ2) is 9.88. The number of carbonyl (C=O) groups is 3. The van der Waals surface area contributed by atoms with Crippen molar-refractivity contribution in [1.82, 2.24) is 4.90 Å². The number of hydrogen-bond donors (Lipinski definition) is 1. The molecule has 1 N–H and O–H groups in total. The topological polar surface area (TPSA) is 106 Å². The minimum absolute atomic E-state index is 0.0148. The van der Waals surface area contributed by atoms with Gasteiger partial charge in [0.15, 0.2) is 11.5 Å². The number of carboxylic acids is 1. The van der Waals surface area contributed by atoms with Gasteiger partial charge in [-0.15, -0.1) is 0 Å². The first-order valence-corrected chi connectivity index (χ1v) is 11.1. The van der Waals surface area contributed by atoms with Crippen LogP contribution in [0.3, 0.4) is 0 Å². The second-order valence-corrected chi connectivity index (χ2v) is 8.52. The SMILES string of the molecule is COc1cc(C=C2SC(=O)N(Cc3ccc(C)cc3)C2=O)ccc1OCc1ccc(C(=O)O)o1. The van der Waals surface area contributed by atoms with E-state index in [9.17, 15) is 14.4 Å². The second-order valence-electron chi connectivity index (χ2n) is 7.52. The van der Waals surface area contributed by atoms with Gasteiger partial charge in [-0.05, 0) is 60.2 Å². The number of aromatic carboxylic acids is 1. The van der Waals surface area contributed by atoms with Crippen molar-refractivity contribution in [1.29, 1.82) is 0 Å². The van der Waals surface area contributed by atoms with E-state index in [2.05, 4.69) is 0 Å². The zero-order chi connectivity index (χ0) is 24.2. The van der Waals surface area contributed by atoms with Crippen molar-refractivity contribution in [3.8, 4) is 11.5 Å². The minimum Gasteiger partial charge on any atom is -0.493 e. The number of hydrogen-bond acceptors (Lipinski definition) is 7. The summed E-state index contributed by atoms with van der Waals surface area (Å²) in [5.74, 6) is -0.487. The molecule has 0 atom stereocenters. The number of aryl methyl sites for hydroxylation is 1. The molecule has 2 heterocycles. The van der Waals surface area contributed by atoms with Crippen molar-refractivity contribution >= 4 is 35.0 Å². The van der Waals surface area contributed by atoms with Gasteiger partial charge in [-0.2, -0.15) is 0 Å². The van der Waals surface area contributed by atoms with Gasteiger partial charge in [0.05, 0.1) is 18.6 Å². The number of imide groups is 1. The van der Waals surface area contributed by atoms with E-state index in [0.29, 0.717) is 27.7 Å². The maximum Gasteiger partial charge on any atom is 0.371 e. The van der Waals surface area contributed by atoms with Crippen LogP contribution in [-0.2, 0) is 17.9 Å². The Hall–Kier alpha value is -3.98. The smallest absolute Gasteiger partial charge is 0.371 e. The van der Waals surface area contributed by atoms with Crippen LogP contribution in [0.25, 0.3) is 6.08 Å². The number of carboxylic acid groups (broad SMARTS) is 1. The first kappa shape index (κ1) is 23.2. The number of benzene rings is 2. The number of methoxy groups -OCH3 is 1. The van der Waals surface area contributed by atoms with Crippen LogP contribution < -0.4 is 9.47 Å². The lowest BCUT2D eigenvalue weighted by Gasteiger charge is -2.12. The van der Waals surface area contributed by atoms with E-state index in [4.69, 9.17) is 19.0 Å². The fraction of sp³-hybridized carbons (Fsp3) is 0.160. The maximum absolute atomic E-state index is 12.8. The van der Waals surface area contributed by atoms with Gasteiger partial charge in [0, 0.05) is 0 Å². The van der Waals surface area contributed by atoms with Crippen molar-refractivity contribution in [3.05, 3.63) is 87.7 Å². The summed E-state index contributed by atoms with van der Waals surface area (Å²) >= 11 is 0.895. The van der Waals surface area contributed by atoms with Crippen LogP contribution in [0.1, 0.15) is 33.0 Å². The van der Waals surface area contributed by atoms with Gasteiger partial charge in [0.2, 0.25) is 5.76 Å². The Balaban J connectivity index is 1.46. The average molecular weight is 480 g/mol. The van der Waals surface area contributed by atoms with Gasteiger partial charge < -0.3 is 19.0 Å². The normalized spacial score (nSPS) is 14.6. The molecule has 0 radical (unpaired) electrons. The van der Waals surface area contributed by atoms with Crippen molar-refractivity contribution in [2.24, 2.45) is 0 Å². The highest BCUT2D eigenvalue weighted by Crippen LogP contribution is 2.35. The molecular weight excluding hydrogens is 458 g/mol. The standard InChI is InChI=1S/C25H21NO7S/c1-15-3-5-16(6-4-15)13-26-23(27)22(34-25(26)30)12-17-7-9-19(21(11-17)31-2)32-14-18-8-10-20(33-18)24(28)29/h3-12H,13-14H2,1-2H3,(H,28,29). The first-order valence-electron chi connectivity index (χ1n) is 10.3. The van der Waals surface area contributed by atoms with Crippen LogP contribution in [0.2, 0.25) is 0 Å². The van der Waals surface area contributed by atoms with Gasteiger partial charge in [-0.1, -0.05) is 35.9 Å². The molecule has 1 saturated heterocycles. The monoisotopic (exact) mass is 479 g/mol. The van der Waals surface area contributed by atoms with Crippen LogP contribution in [0, 0.1) is 6.92 Å². The van der Waals surface area contributed by atoms with Crippen molar-refractivity contribution in [2.45, 2.75) is 20.1 Å². The molecule has 0 spiro atoms. The molecule has 1 aromatic heterocycles. The highest BCUT2D eigenvalue weighted by Gasteiger charge is 2.35. The molecule has 0 bridgehead atoms. The summed E-state index contributed by atoms with van der Waals surface area (Å²) in [7, 11) is 1.48. The van der Waals surface area contributed by atoms with Gasteiger partial charge in [-0.25, -0.2) is 4.79 Å². The van der Waals surface area contributed by atoms with E-state index in [0.717, 1.165) is 22.9 Å². The number of furan rings is 1. The average Bonchev–Trinajstić information content (AvgIpc) is 3.40. The first-order chi connectivity index (χ1) is 16.3. The number of amides is 2. The van der Waals surface area contributed by atoms with Crippen molar-refractivity contribution < 1.29 is 33.4 Å². The van der Waals surface area contributed by atoms with Crippen LogP contribution >= 0.6 is 11.8 Å². The number of nitrogens with zero attached hydrogens (tertiary/aromatic N) is 1. The summed E-state index contributed by atoms with van der Waals surface area (Å²) in [4.78, 5) is 37.7. The maximum atomic E-state index is 12.8. The van der Waals surface area contributed by atoms with Crippen molar-refractivity contribution in [2.75, 3.05) is 7.11 Å². The quantitative estimate of drug-likeness (QED) is 0.444. The molecule has 1 aliphatic rings. The predicted molar refractivity (Wildman–Crippen MR) is 126 cm³/mol. The van der Waals surface area contributed by atoms with Crippen molar-refractivity contribution in [3.63, 3.8) is 0 Å². The van der Waals surface area contributed by atoms with E-state index in [1.165, 1.54) is 24.1 Å². The molecule has 1 fully saturated rings. The molecule has 174 valence electrons. The molecule has 0 saturated carbocycles. The van der Waals surface area contributed by atoms with Gasteiger partial charge in [-0.3, -0.25) is 14.5 Å². The molecule has 0 aliphatic carbocycles. The van der Waals surface area contributed by atoms with Gasteiger partial charge >= 0.3 is 5.97 Å². The number of rotatable bonds is 8.